The molecule has 0 aromatic carbocycles. The second-order valence-electron chi connectivity index (χ2n) is 7.16. The van der Waals surface area contributed by atoms with Gasteiger partial charge in [-0.05, 0) is 43.9 Å². The van der Waals surface area contributed by atoms with E-state index in [1.165, 1.54) is 32.1 Å². The first-order chi connectivity index (χ1) is 8.81. The van der Waals surface area contributed by atoms with Crippen LogP contribution in [0.4, 0.5) is 0 Å². The molecule has 0 aromatic heterocycles. The van der Waals surface area contributed by atoms with Crippen LogP contribution in [0.1, 0.15) is 72.6 Å². The fourth-order valence-electron chi connectivity index (χ4n) is 3.55. The summed E-state index contributed by atoms with van der Waals surface area (Å²) < 4.78 is 0. The molecule has 0 aliphatic heterocycles. The summed E-state index contributed by atoms with van der Waals surface area (Å²) in [7, 11) is 0. The third-order valence-electron chi connectivity index (χ3n) is 4.42. The minimum Gasteiger partial charge on any atom is -0.354 e. The standard InChI is InChI=1S/C16H32N2O/c1-5-8-15(4,17)14(19)18-12-16(11-13(2)3)9-6-7-10-16/h13H,5-12,17H2,1-4H3,(H,18,19). The molecule has 1 amide bonds. The molecule has 1 atom stereocenters. The van der Waals surface area contributed by atoms with Crippen molar-refractivity contribution in [2.45, 2.75) is 78.2 Å². The van der Waals surface area contributed by atoms with Gasteiger partial charge in [0.25, 0.3) is 0 Å². The van der Waals surface area contributed by atoms with Crippen LogP contribution in [0.5, 0.6) is 0 Å². The fourth-order valence-corrected chi connectivity index (χ4v) is 3.55. The van der Waals surface area contributed by atoms with Crippen LogP contribution >= 0.6 is 0 Å². The third-order valence-corrected chi connectivity index (χ3v) is 4.42. The molecule has 1 aliphatic carbocycles. The predicted octanol–water partition coefficient (Wildman–Crippen LogP) is 3.23. The summed E-state index contributed by atoms with van der Waals surface area (Å²) in [6, 6.07) is 0. The third kappa shape index (κ3) is 4.79. The first-order valence-corrected chi connectivity index (χ1v) is 7.88. The first-order valence-electron chi connectivity index (χ1n) is 7.88. The van der Waals surface area contributed by atoms with Gasteiger partial charge in [0.05, 0.1) is 5.54 Å². The average Bonchev–Trinajstić information content (AvgIpc) is 2.74. The number of hydrogen-bond donors (Lipinski definition) is 2. The van der Waals surface area contributed by atoms with Gasteiger partial charge in [-0.3, -0.25) is 4.79 Å². The van der Waals surface area contributed by atoms with Gasteiger partial charge in [-0.15, -0.1) is 0 Å². The molecule has 0 aromatic rings. The maximum atomic E-state index is 12.2. The molecule has 1 unspecified atom stereocenters. The van der Waals surface area contributed by atoms with Crippen LogP contribution in [0.25, 0.3) is 0 Å². The molecule has 1 fully saturated rings. The van der Waals surface area contributed by atoms with Crippen molar-refractivity contribution in [2.24, 2.45) is 17.1 Å². The Morgan fingerprint density at radius 1 is 1.37 bits per heavy atom. The smallest absolute Gasteiger partial charge is 0.239 e. The van der Waals surface area contributed by atoms with Gasteiger partial charge in [0.2, 0.25) is 5.91 Å². The van der Waals surface area contributed by atoms with Crippen LogP contribution in [0.3, 0.4) is 0 Å². The highest BCUT2D eigenvalue weighted by Crippen LogP contribution is 2.42. The van der Waals surface area contributed by atoms with Crippen molar-refractivity contribution < 1.29 is 4.79 Å². The summed E-state index contributed by atoms with van der Waals surface area (Å²) in [6.45, 7) is 9.25. The Kier molecular flexibility index (Phi) is 5.84. The highest BCUT2D eigenvalue weighted by Gasteiger charge is 2.36. The molecule has 1 rings (SSSR count). The molecule has 3 N–H and O–H groups in total. The lowest BCUT2D eigenvalue weighted by Gasteiger charge is -2.33. The van der Waals surface area contributed by atoms with E-state index in [9.17, 15) is 4.79 Å². The minimum absolute atomic E-state index is 0.0179. The summed E-state index contributed by atoms with van der Waals surface area (Å²) in [5.74, 6) is 0.708. The largest absolute Gasteiger partial charge is 0.354 e. The Labute approximate surface area is 118 Å². The van der Waals surface area contributed by atoms with E-state index in [4.69, 9.17) is 5.73 Å². The van der Waals surface area contributed by atoms with Crippen LogP contribution in [-0.2, 0) is 4.79 Å². The monoisotopic (exact) mass is 268 g/mol. The predicted molar refractivity (Wildman–Crippen MR) is 80.9 cm³/mol. The zero-order chi connectivity index (χ0) is 14.5. The number of carbonyl (C=O) groups is 1. The van der Waals surface area contributed by atoms with Gasteiger partial charge in [0, 0.05) is 6.54 Å². The van der Waals surface area contributed by atoms with Crippen molar-refractivity contribution in [3.8, 4) is 0 Å². The topological polar surface area (TPSA) is 55.1 Å². The van der Waals surface area contributed by atoms with Crippen LogP contribution in [0, 0.1) is 11.3 Å². The molecule has 1 saturated carbocycles. The molecule has 3 heteroatoms. The molecule has 19 heavy (non-hydrogen) atoms. The summed E-state index contributed by atoms with van der Waals surface area (Å²) in [4.78, 5) is 12.2. The molecule has 0 spiro atoms. The minimum atomic E-state index is -0.716. The number of rotatable bonds is 7. The Morgan fingerprint density at radius 3 is 2.42 bits per heavy atom. The Hall–Kier alpha value is -0.570. The zero-order valence-electron chi connectivity index (χ0n) is 13.2. The van der Waals surface area contributed by atoms with E-state index in [-0.39, 0.29) is 5.91 Å². The zero-order valence-corrected chi connectivity index (χ0v) is 13.2. The van der Waals surface area contributed by atoms with Gasteiger partial charge in [-0.2, -0.15) is 0 Å². The lowest BCUT2D eigenvalue weighted by atomic mass is 9.78. The second-order valence-corrected chi connectivity index (χ2v) is 7.16. The average molecular weight is 268 g/mol. The first kappa shape index (κ1) is 16.5. The number of carbonyl (C=O) groups excluding carboxylic acids is 1. The van der Waals surface area contributed by atoms with Crippen LogP contribution in [0.15, 0.2) is 0 Å². The van der Waals surface area contributed by atoms with Crippen molar-refractivity contribution in [2.75, 3.05) is 6.54 Å². The van der Waals surface area contributed by atoms with E-state index in [2.05, 4.69) is 26.1 Å². The summed E-state index contributed by atoms with van der Waals surface area (Å²) in [6.07, 6.45) is 8.01. The molecular formula is C16H32N2O. The van der Waals surface area contributed by atoms with E-state index in [0.29, 0.717) is 11.3 Å². The van der Waals surface area contributed by atoms with E-state index in [0.717, 1.165) is 19.4 Å². The van der Waals surface area contributed by atoms with Gasteiger partial charge >= 0.3 is 0 Å². The van der Waals surface area contributed by atoms with E-state index in [1.807, 2.05) is 6.92 Å². The Balaban J connectivity index is 2.55. The molecular weight excluding hydrogens is 236 g/mol. The molecule has 0 heterocycles. The van der Waals surface area contributed by atoms with Crippen LogP contribution < -0.4 is 11.1 Å². The van der Waals surface area contributed by atoms with Gasteiger partial charge in [0.15, 0.2) is 0 Å². The van der Waals surface area contributed by atoms with Gasteiger partial charge in [0.1, 0.15) is 0 Å². The lowest BCUT2D eigenvalue weighted by Crippen LogP contribution is -2.53. The second kappa shape index (κ2) is 6.74. The van der Waals surface area contributed by atoms with Crippen LogP contribution in [-0.4, -0.2) is 18.0 Å². The van der Waals surface area contributed by atoms with Crippen molar-refractivity contribution >= 4 is 5.91 Å². The number of nitrogens with two attached hydrogens (primary N) is 1. The van der Waals surface area contributed by atoms with Gasteiger partial charge < -0.3 is 11.1 Å². The fraction of sp³-hybridized carbons (Fsp3) is 0.938. The quantitative estimate of drug-likeness (QED) is 0.745. The molecule has 3 nitrogen and oxygen atoms in total. The number of amides is 1. The molecule has 1 aliphatic rings. The van der Waals surface area contributed by atoms with Crippen molar-refractivity contribution in [1.29, 1.82) is 0 Å². The van der Waals surface area contributed by atoms with E-state index >= 15 is 0 Å². The summed E-state index contributed by atoms with van der Waals surface area (Å²) >= 11 is 0. The normalized spacial score (nSPS) is 21.4. The highest BCUT2D eigenvalue weighted by atomic mass is 16.2. The van der Waals surface area contributed by atoms with Gasteiger partial charge in [-0.25, -0.2) is 0 Å². The van der Waals surface area contributed by atoms with Crippen molar-refractivity contribution in [3.63, 3.8) is 0 Å². The van der Waals surface area contributed by atoms with E-state index in [1.54, 1.807) is 0 Å². The summed E-state index contributed by atoms with van der Waals surface area (Å²) in [5, 5.41) is 3.13. The van der Waals surface area contributed by atoms with E-state index < -0.39 is 5.54 Å². The van der Waals surface area contributed by atoms with Gasteiger partial charge in [-0.1, -0.05) is 40.0 Å². The SMILES string of the molecule is CCCC(C)(N)C(=O)NCC1(CC(C)C)CCCC1. The summed E-state index contributed by atoms with van der Waals surface area (Å²) in [5.41, 5.74) is 5.70. The van der Waals surface area contributed by atoms with Crippen molar-refractivity contribution in [1.82, 2.24) is 5.32 Å². The molecule has 0 bridgehead atoms. The Morgan fingerprint density at radius 2 is 1.95 bits per heavy atom. The van der Waals surface area contributed by atoms with Crippen LogP contribution in [0.2, 0.25) is 0 Å². The molecule has 0 saturated heterocycles. The molecule has 0 radical (unpaired) electrons. The molecule has 112 valence electrons. The highest BCUT2D eigenvalue weighted by molar-refractivity contribution is 5.85. The van der Waals surface area contributed by atoms with Crippen molar-refractivity contribution in [3.05, 3.63) is 0 Å². The maximum absolute atomic E-state index is 12.2. The maximum Gasteiger partial charge on any atom is 0.239 e. The lowest BCUT2D eigenvalue weighted by molar-refractivity contribution is -0.126. The number of hydrogen-bond acceptors (Lipinski definition) is 2. The Bertz CT molecular complexity index is 291. The number of nitrogens with one attached hydrogen (secondary N) is 1.